The van der Waals surface area contributed by atoms with Gasteiger partial charge in [0, 0.05) is 12.1 Å². The molecule has 1 heterocycles. The molecule has 1 aliphatic rings. The third-order valence-electron chi connectivity index (χ3n) is 3.68. The molecule has 1 saturated carbocycles. The third-order valence-corrected chi connectivity index (χ3v) is 3.68. The van der Waals surface area contributed by atoms with Gasteiger partial charge in [0.1, 0.15) is 5.82 Å². The first-order valence-electron chi connectivity index (χ1n) is 6.04. The molecular formula is C13H14FN3O. The van der Waals surface area contributed by atoms with E-state index in [-0.39, 0.29) is 11.2 Å². The summed E-state index contributed by atoms with van der Waals surface area (Å²) in [5.74, 6) is 0.820. The van der Waals surface area contributed by atoms with E-state index in [9.17, 15) is 4.39 Å². The maximum absolute atomic E-state index is 12.8. The average Bonchev–Trinajstić information content (AvgIpc) is 2.79. The summed E-state index contributed by atoms with van der Waals surface area (Å²) in [6, 6.07) is 6.04. The molecule has 4 nitrogen and oxygen atoms in total. The van der Waals surface area contributed by atoms with Gasteiger partial charge < -0.3 is 10.3 Å². The van der Waals surface area contributed by atoms with Gasteiger partial charge in [0.05, 0.1) is 5.41 Å². The Balaban J connectivity index is 1.91. The average molecular weight is 247 g/mol. The van der Waals surface area contributed by atoms with Crippen LogP contribution in [0, 0.1) is 5.82 Å². The van der Waals surface area contributed by atoms with Crippen LogP contribution in [0.2, 0.25) is 0 Å². The molecule has 0 aliphatic heterocycles. The van der Waals surface area contributed by atoms with Crippen LogP contribution in [0.1, 0.15) is 25.2 Å². The Morgan fingerprint density at radius 1 is 1.28 bits per heavy atom. The molecule has 1 fully saturated rings. The molecule has 1 aromatic carbocycles. The second-order valence-electron chi connectivity index (χ2n) is 4.77. The van der Waals surface area contributed by atoms with Crippen LogP contribution in [0.4, 0.5) is 4.39 Å². The highest BCUT2D eigenvalue weighted by molar-refractivity contribution is 5.53. The fourth-order valence-electron chi connectivity index (χ4n) is 2.26. The number of nitrogens with two attached hydrogens (primary N) is 1. The lowest BCUT2D eigenvalue weighted by molar-refractivity contribution is 0.182. The maximum atomic E-state index is 12.8. The predicted molar refractivity (Wildman–Crippen MR) is 64.3 cm³/mol. The first kappa shape index (κ1) is 11.3. The fourth-order valence-corrected chi connectivity index (χ4v) is 2.26. The van der Waals surface area contributed by atoms with Gasteiger partial charge in [-0.25, -0.2) is 4.39 Å². The molecule has 94 valence electrons. The van der Waals surface area contributed by atoms with Crippen LogP contribution < -0.4 is 5.73 Å². The van der Waals surface area contributed by atoms with Crippen molar-refractivity contribution in [2.24, 2.45) is 5.73 Å². The summed E-state index contributed by atoms with van der Waals surface area (Å²) in [7, 11) is 0. The van der Waals surface area contributed by atoms with E-state index in [0.29, 0.717) is 18.3 Å². The Morgan fingerprint density at radius 3 is 2.56 bits per heavy atom. The summed E-state index contributed by atoms with van der Waals surface area (Å²) in [5, 5.41) is 3.95. The Hall–Kier alpha value is -1.75. The first-order valence-corrected chi connectivity index (χ1v) is 6.04. The smallest absolute Gasteiger partial charge is 0.234 e. The molecule has 18 heavy (non-hydrogen) atoms. The quantitative estimate of drug-likeness (QED) is 0.903. The summed E-state index contributed by atoms with van der Waals surface area (Å²) < 4.78 is 18.1. The van der Waals surface area contributed by atoms with E-state index in [0.717, 1.165) is 24.8 Å². The van der Waals surface area contributed by atoms with Crippen molar-refractivity contribution in [1.82, 2.24) is 10.1 Å². The van der Waals surface area contributed by atoms with Crippen molar-refractivity contribution in [1.29, 1.82) is 0 Å². The second kappa shape index (κ2) is 4.17. The molecule has 0 saturated heterocycles. The molecule has 0 bridgehead atoms. The largest absolute Gasteiger partial charge is 0.338 e. The Labute approximate surface area is 104 Å². The molecule has 0 spiro atoms. The van der Waals surface area contributed by atoms with Gasteiger partial charge in [-0.3, -0.25) is 0 Å². The van der Waals surface area contributed by atoms with E-state index < -0.39 is 0 Å². The molecule has 0 amide bonds. The number of aromatic nitrogens is 2. The lowest BCUT2D eigenvalue weighted by atomic mass is 9.69. The summed E-state index contributed by atoms with van der Waals surface area (Å²) in [6.45, 7) is 0.526. The van der Waals surface area contributed by atoms with Crippen LogP contribution in [0.15, 0.2) is 28.8 Å². The van der Waals surface area contributed by atoms with Crippen molar-refractivity contribution in [2.75, 3.05) is 6.54 Å². The topological polar surface area (TPSA) is 64.9 Å². The van der Waals surface area contributed by atoms with E-state index in [4.69, 9.17) is 10.3 Å². The molecule has 1 aromatic heterocycles. The monoisotopic (exact) mass is 247 g/mol. The van der Waals surface area contributed by atoms with Gasteiger partial charge in [0.2, 0.25) is 11.7 Å². The number of rotatable bonds is 3. The highest BCUT2D eigenvalue weighted by Gasteiger charge is 2.42. The van der Waals surface area contributed by atoms with Crippen molar-refractivity contribution in [2.45, 2.75) is 24.7 Å². The van der Waals surface area contributed by atoms with Crippen molar-refractivity contribution >= 4 is 0 Å². The summed E-state index contributed by atoms with van der Waals surface area (Å²) in [5.41, 5.74) is 6.41. The second-order valence-corrected chi connectivity index (χ2v) is 4.77. The highest BCUT2D eigenvalue weighted by Crippen LogP contribution is 2.42. The van der Waals surface area contributed by atoms with Gasteiger partial charge in [0.25, 0.3) is 0 Å². The van der Waals surface area contributed by atoms with Crippen LogP contribution in [0.25, 0.3) is 11.4 Å². The Kier molecular flexibility index (Phi) is 2.63. The molecule has 2 aromatic rings. The minimum atomic E-state index is -0.278. The van der Waals surface area contributed by atoms with Gasteiger partial charge in [-0.05, 0) is 37.1 Å². The van der Waals surface area contributed by atoms with Crippen LogP contribution in [0.5, 0.6) is 0 Å². The number of nitrogens with zero attached hydrogens (tertiary/aromatic N) is 2. The van der Waals surface area contributed by atoms with Gasteiger partial charge in [0.15, 0.2) is 0 Å². The van der Waals surface area contributed by atoms with Crippen molar-refractivity contribution in [3.05, 3.63) is 36.0 Å². The predicted octanol–water partition coefficient (Wildman–Crippen LogP) is 2.26. The number of hydrogen-bond acceptors (Lipinski definition) is 4. The van der Waals surface area contributed by atoms with Gasteiger partial charge >= 0.3 is 0 Å². The van der Waals surface area contributed by atoms with Crippen molar-refractivity contribution in [3.63, 3.8) is 0 Å². The molecule has 0 radical (unpaired) electrons. The zero-order valence-corrected chi connectivity index (χ0v) is 9.90. The van der Waals surface area contributed by atoms with Gasteiger partial charge in [-0.1, -0.05) is 11.6 Å². The van der Waals surface area contributed by atoms with Crippen LogP contribution in [-0.2, 0) is 5.41 Å². The SMILES string of the molecule is NCC1(c2nc(-c3ccc(F)cc3)no2)CCC1. The van der Waals surface area contributed by atoms with E-state index >= 15 is 0 Å². The van der Waals surface area contributed by atoms with E-state index in [1.54, 1.807) is 12.1 Å². The summed E-state index contributed by atoms with van der Waals surface area (Å²) in [4.78, 5) is 4.39. The molecular weight excluding hydrogens is 233 g/mol. The number of benzene rings is 1. The van der Waals surface area contributed by atoms with Gasteiger partial charge in [-0.2, -0.15) is 4.98 Å². The standard InChI is InChI=1S/C13H14FN3O/c14-10-4-2-9(3-5-10)11-16-12(18-17-11)13(8-15)6-1-7-13/h2-5H,1,6-8,15H2. The van der Waals surface area contributed by atoms with E-state index in [1.807, 2.05) is 0 Å². The third kappa shape index (κ3) is 1.71. The Bertz CT molecular complexity index is 540. The van der Waals surface area contributed by atoms with E-state index in [2.05, 4.69) is 10.1 Å². The van der Waals surface area contributed by atoms with Crippen LogP contribution >= 0.6 is 0 Å². The van der Waals surface area contributed by atoms with Crippen LogP contribution in [0.3, 0.4) is 0 Å². The summed E-state index contributed by atoms with van der Waals surface area (Å²) in [6.07, 6.45) is 3.13. The molecule has 0 atom stereocenters. The summed E-state index contributed by atoms with van der Waals surface area (Å²) >= 11 is 0. The lowest BCUT2D eigenvalue weighted by Gasteiger charge is -2.36. The number of hydrogen-bond donors (Lipinski definition) is 1. The highest BCUT2D eigenvalue weighted by atomic mass is 19.1. The van der Waals surface area contributed by atoms with E-state index in [1.165, 1.54) is 12.1 Å². The molecule has 5 heteroatoms. The fraction of sp³-hybridized carbons (Fsp3) is 0.385. The minimum Gasteiger partial charge on any atom is -0.338 e. The van der Waals surface area contributed by atoms with Crippen molar-refractivity contribution < 1.29 is 8.91 Å². The first-order chi connectivity index (χ1) is 8.73. The zero-order valence-electron chi connectivity index (χ0n) is 9.90. The van der Waals surface area contributed by atoms with Crippen LogP contribution in [-0.4, -0.2) is 16.7 Å². The molecule has 0 unspecified atom stereocenters. The normalized spacial score (nSPS) is 17.4. The number of halogens is 1. The minimum absolute atomic E-state index is 0.134. The zero-order chi connectivity index (χ0) is 12.6. The van der Waals surface area contributed by atoms with Crippen molar-refractivity contribution in [3.8, 4) is 11.4 Å². The molecule has 3 rings (SSSR count). The Morgan fingerprint density at radius 2 is 2.00 bits per heavy atom. The lowest BCUT2D eigenvalue weighted by Crippen LogP contribution is -2.41. The molecule has 2 N–H and O–H groups in total. The maximum Gasteiger partial charge on any atom is 0.234 e. The van der Waals surface area contributed by atoms with Gasteiger partial charge in [-0.15, -0.1) is 0 Å². The molecule has 1 aliphatic carbocycles.